The Balaban J connectivity index is 2.80. The molecule has 1 aromatic carbocycles. The predicted octanol–water partition coefficient (Wildman–Crippen LogP) is 5.95. The van der Waals surface area contributed by atoms with E-state index < -0.39 is 0 Å². The number of carbonyl (C=O) groups excluding carboxylic acids is 1. The van der Waals surface area contributed by atoms with Gasteiger partial charge < -0.3 is 5.32 Å². The summed E-state index contributed by atoms with van der Waals surface area (Å²) < 4.78 is 0. The van der Waals surface area contributed by atoms with Crippen LogP contribution in [0.3, 0.4) is 0 Å². The van der Waals surface area contributed by atoms with Crippen molar-refractivity contribution in [2.75, 3.05) is 6.54 Å². The second kappa shape index (κ2) is 10.5. The van der Waals surface area contributed by atoms with Crippen LogP contribution < -0.4 is 5.32 Å². The summed E-state index contributed by atoms with van der Waals surface area (Å²) in [6, 6.07) is 8.69. The molecule has 2 heteroatoms. The molecule has 0 radical (unpaired) electrons. The lowest BCUT2D eigenvalue weighted by Gasteiger charge is -2.21. The van der Waals surface area contributed by atoms with E-state index in [4.69, 9.17) is 0 Å². The van der Waals surface area contributed by atoms with Gasteiger partial charge in [-0.1, -0.05) is 91.0 Å². The summed E-state index contributed by atoms with van der Waals surface area (Å²) in [5.41, 5.74) is 2.63. The van der Waals surface area contributed by atoms with Gasteiger partial charge in [-0.05, 0) is 29.4 Å². The van der Waals surface area contributed by atoms with Crippen molar-refractivity contribution in [1.82, 2.24) is 5.32 Å². The zero-order valence-electron chi connectivity index (χ0n) is 16.5. The van der Waals surface area contributed by atoms with Crippen LogP contribution in [-0.2, 0) is 10.2 Å². The zero-order chi connectivity index (χ0) is 18.0. The van der Waals surface area contributed by atoms with Crippen molar-refractivity contribution in [1.29, 1.82) is 0 Å². The third-order valence-corrected chi connectivity index (χ3v) is 4.67. The zero-order valence-corrected chi connectivity index (χ0v) is 16.5. The molecule has 1 aromatic rings. The van der Waals surface area contributed by atoms with Crippen LogP contribution in [0.1, 0.15) is 96.6 Å². The Bertz CT molecular complexity index is 470. The quantitative estimate of drug-likeness (QED) is 0.527. The lowest BCUT2D eigenvalue weighted by Crippen LogP contribution is -2.30. The summed E-state index contributed by atoms with van der Waals surface area (Å²) in [7, 11) is 0. The van der Waals surface area contributed by atoms with E-state index in [1.165, 1.54) is 24.8 Å². The molecule has 0 spiro atoms. The highest BCUT2D eigenvalue weighted by Crippen LogP contribution is 2.27. The summed E-state index contributed by atoms with van der Waals surface area (Å²) in [6.07, 6.45) is 7.95. The Morgan fingerprint density at radius 3 is 2.12 bits per heavy atom. The number of hydrogen-bond donors (Lipinski definition) is 1. The Hall–Kier alpha value is -1.31. The van der Waals surface area contributed by atoms with Crippen molar-refractivity contribution in [3.63, 3.8) is 0 Å². The van der Waals surface area contributed by atoms with Crippen LogP contribution in [0.15, 0.2) is 24.3 Å². The van der Waals surface area contributed by atoms with Crippen LogP contribution in [0, 0.1) is 0 Å². The van der Waals surface area contributed by atoms with Crippen LogP contribution in [0.2, 0.25) is 0 Å². The first-order valence-electron chi connectivity index (χ1n) is 9.78. The van der Waals surface area contributed by atoms with Gasteiger partial charge in [0.15, 0.2) is 0 Å². The van der Waals surface area contributed by atoms with Crippen LogP contribution in [0.4, 0.5) is 0 Å². The Labute approximate surface area is 149 Å². The molecule has 0 saturated carbocycles. The maximum atomic E-state index is 12.7. The van der Waals surface area contributed by atoms with Gasteiger partial charge in [0.1, 0.15) is 0 Å². The monoisotopic (exact) mass is 331 g/mol. The topological polar surface area (TPSA) is 29.1 Å². The fraction of sp³-hybridized carbons (Fsp3) is 0.682. The van der Waals surface area contributed by atoms with E-state index in [2.05, 4.69) is 64.2 Å². The average Bonchev–Trinajstić information content (AvgIpc) is 2.54. The summed E-state index contributed by atoms with van der Waals surface area (Å²) >= 11 is 0. The van der Waals surface area contributed by atoms with Gasteiger partial charge in [-0.25, -0.2) is 0 Å². The molecular formula is C22H37NO. The maximum Gasteiger partial charge on any atom is 0.227 e. The SMILES string of the molecule is CCCCCCC(C(=O)NCCCC)c1ccc(C(C)(C)C)cc1. The molecule has 1 unspecified atom stereocenters. The van der Waals surface area contributed by atoms with Gasteiger partial charge in [-0.15, -0.1) is 0 Å². The van der Waals surface area contributed by atoms with E-state index in [1.54, 1.807) is 0 Å². The first-order chi connectivity index (χ1) is 11.4. The molecule has 2 nitrogen and oxygen atoms in total. The molecule has 0 fully saturated rings. The number of carbonyl (C=O) groups is 1. The predicted molar refractivity (Wildman–Crippen MR) is 105 cm³/mol. The van der Waals surface area contributed by atoms with Crippen molar-refractivity contribution >= 4 is 5.91 Å². The van der Waals surface area contributed by atoms with Gasteiger partial charge in [0.05, 0.1) is 5.92 Å². The normalized spacial score (nSPS) is 12.9. The number of rotatable bonds is 10. The minimum atomic E-state index is -0.00673. The van der Waals surface area contributed by atoms with Crippen molar-refractivity contribution in [2.45, 2.75) is 90.9 Å². The molecule has 0 aliphatic rings. The lowest BCUT2D eigenvalue weighted by molar-refractivity contribution is -0.122. The number of amides is 1. The smallest absolute Gasteiger partial charge is 0.227 e. The van der Waals surface area contributed by atoms with E-state index in [0.717, 1.165) is 37.8 Å². The first-order valence-corrected chi connectivity index (χ1v) is 9.78. The highest BCUT2D eigenvalue weighted by molar-refractivity contribution is 5.83. The first kappa shape index (κ1) is 20.7. The van der Waals surface area contributed by atoms with Crippen molar-refractivity contribution in [3.05, 3.63) is 35.4 Å². The number of nitrogens with one attached hydrogen (secondary N) is 1. The molecule has 0 aromatic heterocycles. The fourth-order valence-corrected chi connectivity index (χ4v) is 2.95. The summed E-state index contributed by atoms with van der Waals surface area (Å²) in [4.78, 5) is 12.7. The van der Waals surface area contributed by atoms with E-state index in [0.29, 0.717) is 0 Å². The van der Waals surface area contributed by atoms with Gasteiger partial charge in [-0.3, -0.25) is 4.79 Å². The molecule has 0 saturated heterocycles. The highest BCUT2D eigenvalue weighted by Gasteiger charge is 2.21. The molecule has 1 N–H and O–H groups in total. The van der Waals surface area contributed by atoms with Gasteiger partial charge in [0, 0.05) is 6.54 Å². The van der Waals surface area contributed by atoms with Gasteiger partial charge in [0.25, 0.3) is 0 Å². The lowest BCUT2D eigenvalue weighted by atomic mass is 9.84. The average molecular weight is 332 g/mol. The van der Waals surface area contributed by atoms with E-state index in [1.807, 2.05) is 0 Å². The number of hydrogen-bond acceptors (Lipinski definition) is 1. The molecule has 136 valence electrons. The molecule has 1 amide bonds. The van der Waals surface area contributed by atoms with Crippen molar-refractivity contribution in [3.8, 4) is 0 Å². The Morgan fingerprint density at radius 2 is 1.58 bits per heavy atom. The highest BCUT2D eigenvalue weighted by atomic mass is 16.1. The standard InChI is InChI=1S/C22H37NO/c1-6-8-10-11-12-20(21(24)23-17-9-7-2)18-13-15-19(16-14-18)22(3,4)5/h13-16,20H,6-12,17H2,1-5H3,(H,23,24). The largest absolute Gasteiger partial charge is 0.356 e. The molecular weight excluding hydrogens is 294 g/mol. The van der Waals surface area contributed by atoms with Crippen LogP contribution in [0.5, 0.6) is 0 Å². The maximum absolute atomic E-state index is 12.7. The molecule has 1 rings (SSSR count). The van der Waals surface area contributed by atoms with Crippen LogP contribution in [0.25, 0.3) is 0 Å². The molecule has 1 atom stereocenters. The van der Waals surface area contributed by atoms with Crippen LogP contribution >= 0.6 is 0 Å². The number of benzene rings is 1. The Morgan fingerprint density at radius 1 is 0.958 bits per heavy atom. The van der Waals surface area contributed by atoms with E-state index >= 15 is 0 Å². The van der Waals surface area contributed by atoms with Gasteiger partial charge in [-0.2, -0.15) is 0 Å². The van der Waals surface area contributed by atoms with Gasteiger partial charge in [0.2, 0.25) is 5.91 Å². The van der Waals surface area contributed by atoms with Crippen LogP contribution in [-0.4, -0.2) is 12.5 Å². The van der Waals surface area contributed by atoms with E-state index in [-0.39, 0.29) is 17.2 Å². The minimum Gasteiger partial charge on any atom is -0.356 e. The van der Waals surface area contributed by atoms with E-state index in [9.17, 15) is 4.79 Å². The summed E-state index contributed by atoms with van der Waals surface area (Å²) in [5, 5.41) is 3.13. The molecule has 0 aliphatic heterocycles. The fourth-order valence-electron chi connectivity index (χ4n) is 2.95. The molecule has 24 heavy (non-hydrogen) atoms. The van der Waals surface area contributed by atoms with Crippen molar-refractivity contribution in [2.24, 2.45) is 0 Å². The number of unbranched alkanes of at least 4 members (excludes halogenated alkanes) is 4. The third kappa shape index (κ3) is 7.07. The third-order valence-electron chi connectivity index (χ3n) is 4.67. The molecule has 0 bridgehead atoms. The summed E-state index contributed by atoms with van der Waals surface area (Å²) in [5.74, 6) is 0.191. The second-order valence-electron chi connectivity index (χ2n) is 7.92. The second-order valence-corrected chi connectivity index (χ2v) is 7.92. The molecule has 0 heterocycles. The van der Waals surface area contributed by atoms with Gasteiger partial charge >= 0.3 is 0 Å². The summed E-state index contributed by atoms with van der Waals surface area (Å²) in [6.45, 7) is 11.8. The van der Waals surface area contributed by atoms with Crippen molar-refractivity contribution < 1.29 is 4.79 Å². The molecule has 0 aliphatic carbocycles. The Kier molecular flexibility index (Phi) is 9.10. The minimum absolute atomic E-state index is 0.00673.